The number of nitro benzene ring substituents is 1. The second-order valence-electron chi connectivity index (χ2n) is 4.51. The number of carbonyl (C=O) groups excluding carboxylic acids is 1. The number of aromatic nitrogens is 1. The fraction of sp³-hybridized carbons (Fsp3) is 0.143. The molecule has 1 heterocycles. The van der Waals surface area contributed by atoms with E-state index in [2.05, 4.69) is 26.2 Å². The van der Waals surface area contributed by atoms with E-state index in [4.69, 9.17) is 0 Å². The molecule has 0 fully saturated rings. The van der Waals surface area contributed by atoms with Crippen molar-refractivity contribution in [3.63, 3.8) is 0 Å². The number of halogens is 1. The summed E-state index contributed by atoms with van der Waals surface area (Å²) in [5.41, 5.74) is 1.85. The number of hydrogen-bond donors (Lipinski definition) is 1. The number of nitrogens with zero attached hydrogens (tertiary/aromatic N) is 2. The molecule has 1 aromatic carbocycles. The Morgan fingerprint density at radius 1 is 1.29 bits per heavy atom. The van der Waals surface area contributed by atoms with Crippen molar-refractivity contribution in [2.24, 2.45) is 0 Å². The number of pyridine rings is 1. The predicted molar refractivity (Wildman–Crippen MR) is 82.5 cm³/mol. The number of rotatable bonds is 3. The van der Waals surface area contributed by atoms with Crippen LogP contribution in [0.5, 0.6) is 0 Å². The Morgan fingerprint density at radius 2 is 1.95 bits per heavy atom. The highest BCUT2D eigenvalue weighted by Crippen LogP contribution is 2.28. The van der Waals surface area contributed by atoms with Crippen LogP contribution in [-0.4, -0.2) is 15.8 Å². The van der Waals surface area contributed by atoms with Crippen molar-refractivity contribution in [2.45, 2.75) is 13.8 Å². The number of benzene rings is 1. The van der Waals surface area contributed by atoms with Crippen LogP contribution in [0.3, 0.4) is 0 Å². The average molecular weight is 350 g/mol. The first-order valence-corrected chi connectivity index (χ1v) is 6.87. The first-order chi connectivity index (χ1) is 9.88. The van der Waals surface area contributed by atoms with Gasteiger partial charge in [0.2, 0.25) is 0 Å². The maximum atomic E-state index is 12.1. The Bertz CT molecular complexity index is 731. The lowest BCUT2D eigenvalue weighted by molar-refractivity contribution is -0.384. The maximum absolute atomic E-state index is 12.1. The second kappa shape index (κ2) is 6.01. The molecular weight excluding hydrogens is 338 g/mol. The summed E-state index contributed by atoms with van der Waals surface area (Å²) < 4.78 is 0.518. The molecule has 0 bridgehead atoms. The lowest BCUT2D eigenvalue weighted by Crippen LogP contribution is -2.15. The Kier molecular flexibility index (Phi) is 4.32. The van der Waals surface area contributed by atoms with E-state index in [1.165, 1.54) is 12.1 Å². The normalized spacial score (nSPS) is 10.2. The van der Waals surface area contributed by atoms with Gasteiger partial charge in [0.25, 0.3) is 11.6 Å². The molecule has 0 aliphatic carbocycles. The molecule has 108 valence electrons. The zero-order chi connectivity index (χ0) is 15.6. The third-order valence-electron chi connectivity index (χ3n) is 3.00. The number of carbonyl (C=O) groups is 1. The van der Waals surface area contributed by atoms with Crippen LogP contribution in [0, 0.1) is 24.0 Å². The van der Waals surface area contributed by atoms with E-state index in [0.717, 1.165) is 11.1 Å². The first-order valence-electron chi connectivity index (χ1n) is 6.08. The summed E-state index contributed by atoms with van der Waals surface area (Å²) in [6, 6.07) is 7.92. The van der Waals surface area contributed by atoms with E-state index in [1.807, 2.05) is 6.92 Å². The monoisotopic (exact) mass is 349 g/mol. The summed E-state index contributed by atoms with van der Waals surface area (Å²) in [6.07, 6.45) is 0. The minimum absolute atomic E-state index is 0.138. The molecule has 6 nitrogen and oxygen atoms in total. The Hall–Kier alpha value is -2.28. The van der Waals surface area contributed by atoms with Crippen LogP contribution in [0.1, 0.15) is 21.6 Å². The number of nitro groups is 1. The summed E-state index contributed by atoms with van der Waals surface area (Å²) >= 11 is 3.18. The molecule has 7 heteroatoms. The van der Waals surface area contributed by atoms with E-state index in [9.17, 15) is 14.9 Å². The molecule has 0 atom stereocenters. The summed E-state index contributed by atoms with van der Waals surface area (Å²) in [5.74, 6) is -0.498. The molecule has 0 spiro atoms. The molecule has 2 rings (SSSR count). The molecule has 1 aromatic heterocycles. The molecule has 1 amide bonds. The van der Waals surface area contributed by atoms with E-state index >= 15 is 0 Å². The predicted octanol–water partition coefficient (Wildman–Crippen LogP) is 3.62. The molecule has 0 saturated heterocycles. The van der Waals surface area contributed by atoms with Gasteiger partial charge in [-0.3, -0.25) is 14.9 Å². The van der Waals surface area contributed by atoms with Gasteiger partial charge < -0.3 is 5.32 Å². The fourth-order valence-corrected chi connectivity index (χ4v) is 2.12. The molecule has 0 radical (unpaired) electrons. The van der Waals surface area contributed by atoms with Crippen LogP contribution in [0.2, 0.25) is 0 Å². The highest BCUT2D eigenvalue weighted by atomic mass is 79.9. The van der Waals surface area contributed by atoms with E-state index in [-0.39, 0.29) is 17.1 Å². The molecule has 0 aliphatic heterocycles. The van der Waals surface area contributed by atoms with Gasteiger partial charge in [-0.1, -0.05) is 6.07 Å². The molecule has 2 aromatic rings. The van der Waals surface area contributed by atoms with Crippen LogP contribution in [0.15, 0.2) is 34.9 Å². The van der Waals surface area contributed by atoms with Crippen molar-refractivity contribution in [1.29, 1.82) is 0 Å². The van der Waals surface area contributed by atoms with Crippen molar-refractivity contribution < 1.29 is 9.72 Å². The SMILES string of the molecule is Cc1cc(NC(=O)c2cccc(Br)n2)c([N+](=O)[O-])cc1C. The molecule has 0 saturated carbocycles. The fourth-order valence-electron chi connectivity index (χ4n) is 1.77. The van der Waals surface area contributed by atoms with Gasteiger partial charge >= 0.3 is 0 Å². The topological polar surface area (TPSA) is 85.1 Å². The summed E-state index contributed by atoms with van der Waals surface area (Å²) in [6.45, 7) is 3.61. The number of hydrogen-bond acceptors (Lipinski definition) is 4. The van der Waals surface area contributed by atoms with Crippen molar-refractivity contribution in [3.8, 4) is 0 Å². The number of aryl methyl sites for hydroxylation is 2. The van der Waals surface area contributed by atoms with Gasteiger partial charge in [-0.05, 0) is 59.1 Å². The van der Waals surface area contributed by atoms with Crippen LogP contribution >= 0.6 is 15.9 Å². The third-order valence-corrected chi connectivity index (χ3v) is 3.45. The smallest absolute Gasteiger partial charge is 0.293 e. The van der Waals surface area contributed by atoms with Crippen LogP contribution in [0.4, 0.5) is 11.4 Å². The van der Waals surface area contributed by atoms with Crippen molar-refractivity contribution in [2.75, 3.05) is 5.32 Å². The Balaban J connectivity index is 2.37. The third kappa shape index (κ3) is 3.43. The summed E-state index contributed by atoms with van der Waals surface area (Å²) in [7, 11) is 0. The number of amides is 1. The molecule has 0 unspecified atom stereocenters. The van der Waals surface area contributed by atoms with Gasteiger partial charge in [-0.15, -0.1) is 0 Å². The van der Waals surface area contributed by atoms with Crippen molar-refractivity contribution >= 4 is 33.2 Å². The highest BCUT2D eigenvalue weighted by molar-refractivity contribution is 9.10. The molecule has 1 N–H and O–H groups in total. The van der Waals surface area contributed by atoms with Gasteiger partial charge in [0.05, 0.1) is 4.92 Å². The number of anilines is 1. The maximum Gasteiger partial charge on any atom is 0.293 e. The minimum Gasteiger partial charge on any atom is -0.315 e. The molecule has 0 aliphatic rings. The van der Waals surface area contributed by atoms with Gasteiger partial charge in [-0.25, -0.2) is 4.98 Å². The number of nitrogens with one attached hydrogen (secondary N) is 1. The summed E-state index contributed by atoms with van der Waals surface area (Å²) in [4.78, 5) is 26.7. The minimum atomic E-state index is -0.517. The van der Waals surface area contributed by atoms with Crippen LogP contribution < -0.4 is 5.32 Å². The van der Waals surface area contributed by atoms with Crippen LogP contribution in [-0.2, 0) is 0 Å². The van der Waals surface area contributed by atoms with E-state index in [1.54, 1.807) is 25.1 Å². The van der Waals surface area contributed by atoms with Gasteiger partial charge in [0.15, 0.2) is 0 Å². The van der Waals surface area contributed by atoms with Crippen molar-refractivity contribution in [3.05, 3.63) is 61.9 Å². The second-order valence-corrected chi connectivity index (χ2v) is 5.32. The first kappa shape index (κ1) is 15.1. The van der Waals surface area contributed by atoms with E-state index in [0.29, 0.717) is 4.60 Å². The highest BCUT2D eigenvalue weighted by Gasteiger charge is 2.18. The van der Waals surface area contributed by atoms with Gasteiger partial charge in [0.1, 0.15) is 16.0 Å². The Labute approximate surface area is 129 Å². The quantitative estimate of drug-likeness (QED) is 0.520. The van der Waals surface area contributed by atoms with Crippen LogP contribution in [0.25, 0.3) is 0 Å². The van der Waals surface area contributed by atoms with Gasteiger partial charge in [-0.2, -0.15) is 0 Å². The Morgan fingerprint density at radius 3 is 2.57 bits per heavy atom. The molecule has 21 heavy (non-hydrogen) atoms. The largest absolute Gasteiger partial charge is 0.315 e. The molecular formula is C14H12BrN3O3. The lowest BCUT2D eigenvalue weighted by atomic mass is 10.1. The standard InChI is InChI=1S/C14H12BrN3O3/c1-8-6-11(12(18(20)21)7-9(8)2)17-14(19)10-4-3-5-13(15)16-10/h3-7H,1-2H3,(H,17,19). The van der Waals surface area contributed by atoms with Crippen molar-refractivity contribution in [1.82, 2.24) is 4.98 Å². The summed E-state index contributed by atoms with van der Waals surface area (Å²) in [5, 5.41) is 13.6. The van der Waals surface area contributed by atoms with E-state index < -0.39 is 10.8 Å². The zero-order valence-electron chi connectivity index (χ0n) is 11.4. The zero-order valence-corrected chi connectivity index (χ0v) is 13.0. The lowest BCUT2D eigenvalue weighted by Gasteiger charge is -2.08. The van der Waals surface area contributed by atoms with Gasteiger partial charge in [0, 0.05) is 6.07 Å². The average Bonchev–Trinajstić information content (AvgIpc) is 2.42.